The van der Waals surface area contributed by atoms with Gasteiger partial charge >= 0.3 is 0 Å². The second-order valence-corrected chi connectivity index (χ2v) is 6.80. The molecule has 4 nitrogen and oxygen atoms in total. The van der Waals surface area contributed by atoms with Gasteiger partial charge in [0.15, 0.2) is 0 Å². The van der Waals surface area contributed by atoms with Crippen molar-refractivity contribution in [2.75, 3.05) is 32.1 Å². The van der Waals surface area contributed by atoms with Crippen molar-refractivity contribution in [3.05, 3.63) is 46.9 Å². The van der Waals surface area contributed by atoms with E-state index in [2.05, 4.69) is 65.1 Å². The van der Waals surface area contributed by atoms with E-state index in [-0.39, 0.29) is 0 Å². The number of hydrogen-bond acceptors (Lipinski definition) is 4. The third-order valence-electron chi connectivity index (χ3n) is 4.38. The van der Waals surface area contributed by atoms with Crippen LogP contribution in [0.15, 0.2) is 30.6 Å². The summed E-state index contributed by atoms with van der Waals surface area (Å²) in [5, 5.41) is 0.576. The molecule has 0 fully saturated rings. The summed E-state index contributed by atoms with van der Waals surface area (Å²) in [5.41, 5.74) is 3.65. The average Bonchev–Trinajstić information content (AvgIpc) is 2.64. The summed E-state index contributed by atoms with van der Waals surface area (Å²) in [5.74, 6) is 1.35. The van der Waals surface area contributed by atoms with Gasteiger partial charge in [-0.25, -0.2) is 9.97 Å². The van der Waals surface area contributed by atoms with Crippen LogP contribution in [0.2, 0.25) is 5.15 Å². The van der Waals surface area contributed by atoms with Crippen LogP contribution in [0.1, 0.15) is 30.4 Å². The van der Waals surface area contributed by atoms with Gasteiger partial charge in [-0.15, -0.1) is 0 Å². The van der Waals surface area contributed by atoms with E-state index in [4.69, 9.17) is 11.6 Å². The molecule has 0 N–H and O–H groups in total. The van der Waals surface area contributed by atoms with Crippen LogP contribution in [0, 0.1) is 0 Å². The van der Waals surface area contributed by atoms with E-state index >= 15 is 0 Å². The van der Waals surface area contributed by atoms with Gasteiger partial charge in [-0.2, -0.15) is 0 Å². The Kier molecular flexibility index (Phi) is 4.83. The van der Waals surface area contributed by atoms with E-state index in [9.17, 15) is 0 Å². The van der Waals surface area contributed by atoms with Gasteiger partial charge in [0.2, 0.25) is 0 Å². The maximum atomic E-state index is 6.39. The SMILES string of the molecule is CC1Cc2c(Cl)ncnc2N(CCCN(C)C)c2ccccc21. The standard InChI is InChI=1S/C18H23ClN4/c1-13-11-15-17(19)20-12-21-18(15)23(10-6-9-22(2)3)16-8-5-4-7-14(13)16/h4-5,7-8,12-13H,6,9-11H2,1-3H3. The highest BCUT2D eigenvalue weighted by atomic mass is 35.5. The molecular weight excluding hydrogens is 308 g/mol. The first-order valence-electron chi connectivity index (χ1n) is 8.08. The summed E-state index contributed by atoms with van der Waals surface area (Å²) in [6.07, 6.45) is 3.51. The zero-order valence-corrected chi connectivity index (χ0v) is 14.7. The summed E-state index contributed by atoms with van der Waals surface area (Å²) in [7, 11) is 4.21. The molecule has 3 rings (SSSR count). The van der Waals surface area contributed by atoms with Crippen LogP contribution in [0.25, 0.3) is 0 Å². The fourth-order valence-electron chi connectivity index (χ4n) is 3.24. The minimum absolute atomic E-state index is 0.396. The van der Waals surface area contributed by atoms with Gasteiger partial charge in [0.25, 0.3) is 0 Å². The molecule has 0 amide bonds. The number of hydrogen-bond donors (Lipinski definition) is 0. The molecule has 1 atom stereocenters. The van der Waals surface area contributed by atoms with Gasteiger partial charge in [-0.3, -0.25) is 0 Å². The Bertz CT molecular complexity index is 686. The molecule has 1 aliphatic heterocycles. The smallest absolute Gasteiger partial charge is 0.141 e. The van der Waals surface area contributed by atoms with Crippen LogP contribution in [-0.2, 0) is 6.42 Å². The van der Waals surface area contributed by atoms with Gasteiger partial charge in [0, 0.05) is 17.8 Å². The van der Waals surface area contributed by atoms with Crippen LogP contribution in [-0.4, -0.2) is 42.1 Å². The van der Waals surface area contributed by atoms with Crippen molar-refractivity contribution < 1.29 is 0 Å². The van der Waals surface area contributed by atoms with Crippen molar-refractivity contribution in [3.63, 3.8) is 0 Å². The van der Waals surface area contributed by atoms with E-state index in [1.807, 2.05) is 0 Å². The highest BCUT2D eigenvalue weighted by Crippen LogP contribution is 2.41. The van der Waals surface area contributed by atoms with Crippen molar-refractivity contribution in [1.29, 1.82) is 0 Å². The number of rotatable bonds is 4. The lowest BCUT2D eigenvalue weighted by atomic mass is 9.95. The number of fused-ring (bicyclic) bond motifs is 2. The van der Waals surface area contributed by atoms with Gasteiger partial charge < -0.3 is 9.80 Å². The highest BCUT2D eigenvalue weighted by molar-refractivity contribution is 6.30. The Balaban J connectivity index is 2.05. The topological polar surface area (TPSA) is 32.3 Å². The molecule has 1 aliphatic rings. The maximum Gasteiger partial charge on any atom is 0.141 e. The van der Waals surface area contributed by atoms with E-state index in [1.165, 1.54) is 11.3 Å². The number of halogens is 1. The third kappa shape index (κ3) is 3.33. The monoisotopic (exact) mass is 330 g/mol. The van der Waals surface area contributed by atoms with Gasteiger partial charge in [-0.1, -0.05) is 36.7 Å². The Hall–Kier alpha value is -1.65. The second kappa shape index (κ2) is 6.85. The van der Waals surface area contributed by atoms with Crippen LogP contribution in [0.3, 0.4) is 0 Å². The lowest BCUT2D eigenvalue weighted by Crippen LogP contribution is -2.25. The summed E-state index contributed by atoms with van der Waals surface area (Å²) in [6.45, 7) is 4.21. The fraction of sp³-hybridized carbons (Fsp3) is 0.444. The predicted molar refractivity (Wildman–Crippen MR) is 95.8 cm³/mol. The van der Waals surface area contributed by atoms with Gasteiger partial charge in [0.1, 0.15) is 17.3 Å². The molecule has 0 spiro atoms. The number of benzene rings is 1. The minimum Gasteiger partial charge on any atom is -0.326 e. The van der Waals surface area contributed by atoms with E-state index < -0.39 is 0 Å². The quantitative estimate of drug-likeness (QED) is 0.796. The summed E-state index contributed by atoms with van der Waals surface area (Å²) in [6, 6.07) is 8.60. The van der Waals surface area contributed by atoms with Crippen LogP contribution < -0.4 is 4.90 Å². The van der Waals surface area contributed by atoms with E-state index in [1.54, 1.807) is 6.33 Å². The number of para-hydroxylation sites is 1. The molecule has 1 aromatic heterocycles. The second-order valence-electron chi connectivity index (χ2n) is 6.44. The number of aromatic nitrogens is 2. The van der Waals surface area contributed by atoms with E-state index in [0.29, 0.717) is 11.1 Å². The zero-order valence-electron chi connectivity index (χ0n) is 14.0. The first-order chi connectivity index (χ1) is 11.1. The maximum absolute atomic E-state index is 6.39. The molecule has 2 heterocycles. The van der Waals surface area contributed by atoms with E-state index in [0.717, 1.165) is 37.3 Å². The van der Waals surface area contributed by atoms with Crippen LogP contribution >= 0.6 is 11.6 Å². The third-order valence-corrected chi connectivity index (χ3v) is 4.71. The van der Waals surface area contributed by atoms with Crippen molar-refractivity contribution in [2.45, 2.75) is 25.7 Å². The highest BCUT2D eigenvalue weighted by Gasteiger charge is 2.27. The minimum atomic E-state index is 0.396. The largest absolute Gasteiger partial charge is 0.326 e. The lowest BCUT2D eigenvalue weighted by molar-refractivity contribution is 0.402. The summed E-state index contributed by atoms with van der Waals surface area (Å²) < 4.78 is 0. The molecule has 0 radical (unpaired) electrons. The molecule has 5 heteroatoms. The Morgan fingerprint density at radius 1 is 1.26 bits per heavy atom. The molecule has 0 aliphatic carbocycles. The van der Waals surface area contributed by atoms with Gasteiger partial charge in [0.05, 0.1) is 0 Å². The van der Waals surface area contributed by atoms with Crippen molar-refractivity contribution in [1.82, 2.24) is 14.9 Å². The molecule has 2 aromatic rings. The zero-order chi connectivity index (χ0) is 16.4. The van der Waals surface area contributed by atoms with Crippen molar-refractivity contribution in [2.24, 2.45) is 0 Å². The predicted octanol–water partition coefficient (Wildman–Crippen LogP) is 3.88. The molecule has 0 saturated heterocycles. The Labute approximate surface area is 143 Å². The normalized spacial score (nSPS) is 16.9. The van der Waals surface area contributed by atoms with Gasteiger partial charge in [-0.05, 0) is 51.0 Å². The first-order valence-corrected chi connectivity index (χ1v) is 8.46. The molecule has 23 heavy (non-hydrogen) atoms. The molecule has 0 saturated carbocycles. The van der Waals surface area contributed by atoms with Crippen molar-refractivity contribution >= 4 is 23.1 Å². The Morgan fingerprint density at radius 3 is 2.83 bits per heavy atom. The molecule has 1 aromatic carbocycles. The average molecular weight is 331 g/mol. The number of anilines is 2. The summed E-state index contributed by atoms with van der Waals surface area (Å²) in [4.78, 5) is 13.3. The van der Waals surface area contributed by atoms with Crippen LogP contribution in [0.4, 0.5) is 11.5 Å². The van der Waals surface area contributed by atoms with Crippen LogP contribution in [0.5, 0.6) is 0 Å². The lowest BCUT2D eigenvalue weighted by Gasteiger charge is -2.26. The van der Waals surface area contributed by atoms with Crippen molar-refractivity contribution in [3.8, 4) is 0 Å². The fourth-order valence-corrected chi connectivity index (χ4v) is 3.45. The first kappa shape index (κ1) is 16.2. The number of nitrogens with zero attached hydrogens (tertiary/aromatic N) is 4. The molecule has 122 valence electrons. The molecule has 0 bridgehead atoms. The Morgan fingerprint density at radius 2 is 2.04 bits per heavy atom. The molecule has 1 unspecified atom stereocenters. The molecular formula is C18H23ClN4. The summed E-state index contributed by atoms with van der Waals surface area (Å²) >= 11 is 6.39.